The second-order valence-electron chi connectivity index (χ2n) is 6.85. The summed E-state index contributed by atoms with van der Waals surface area (Å²) in [5.74, 6) is 1.18. The molecule has 1 aliphatic carbocycles. The lowest BCUT2D eigenvalue weighted by Crippen LogP contribution is -2.12. The summed E-state index contributed by atoms with van der Waals surface area (Å²) >= 11 is 0. The van der Waals surface area contributed by atoms with Gasteiger partial charge in [-0.3, -0.25) is 4.99 Å². The Morgan fingerprint density at radius 2 is 1.81 bits per heavy atom. The normalized spacial score (nSPS) is 20.9. The lowest BCUT2D eigenvalue weighted by atomic mass is 9.86. The molecule has 0 saturated heterocycles. The molecular weight excluding hydrogens is 316 g/mol. The van der Waals surface area contributed by atoms with Gasteiger partial charge in [0.05, 0.1) is 11.4 Å². The van der Waals surface area contributed by atoms with Crippen LogP contribution in [0.4, 0.5) is 0 Å². The summed E-state index contributed by atoms with van der Waals surface area (Å²) in [7, 11) is 0. The van der Waals surface area contributed by atoms with Gasteiger partial charge < -0.3 is 5.32 Å². The first-order valence-corrected chi connectivity index (χ1v) is 9.20. The van der Waals surface area contributed by atoms with E-state index in [1.807, 2.05) is 19.9 Å². The fourth-order valence-electron chi connectivity index (χ4n) is 2.92. The van der Waals surface area contributed by atoms with Crippen LogP contribution in [0, 0.1) is 11.8 Å². The van der Waals surface area contributed by atoms with Gasteiger partial charge in [0.25, 0.3) is 0 Å². The monoisotopic (exact) mass is 346 g/mol. The van der Waals surface area contributed by atoms with Crippen molar-refractivity contribution in [3.8, 4) is 0 Å². The Labute approximate surface area is 158 Å². The Morgan fingerprint density at radius 3 is 2.38 bits per heavy atom. The molecule has 2 rings (SSSR count). The van der Waals surface area contributed by atoms with Crippen LogP contribution in [0.1, 0.15) is 38.8 Å². The van der Waals surface area contributed by atoms with E-state index in [2.05, 4.69) is 74.8 Å². The summed E-state index contributed by atoms with van der Waals surface area (Å²) < 4.78 is 0. The number of rotatable bonds is 7. The van der Waals surface area contributed by atoms with Crippen LogP contribution in [-0.4, -0.2) is 12.3 Å². The Balaban J connectivity index is 2.21. The van der Waals surface area contributed by atoms with Crippen molar-refractivity contribution in [2.45, 2.75) is 27.7 Å². The van der Waals surface area contributed by atoms with E-state index in [4.69, 9.17) is 4.99 Å². The van der Waals surface area contributed by atoms with Gasteiger partial charge in [0, 0.05) is 12.3 Å². The molecule has 0 amide bonds. The SMILES string of the molecule is C=CCN/C(C=C)=C(/C)N=C(C)c1ccc(C2=CC(C)C(C)C=C2)cc1. The second kappa shape index (κ2) is 9.19. The average Bonchev–Trinajstić information content (AvgIpc) is 2.64. The van der Waals surface area contributed by atoms with E-state index >= 15 is 0 Å². The molecule has 2 heteroatoms. The van der Waals surface area contributed by atoms with Crippen LogP contribution in [0.2, 0.25) is 0 Å². The Bertz CT molecular complexity index is 773. The maximum absolute atomic E-state index is 4.74. The number of hydrogen-bond donors (Lipinski definition) is 1. The summed E-state index contributed by atoms with van der Waals surface area (Å²) in [6.45, 7) is 16.8. The van der Waals surface area contributed by atoms with E-state index in [0.717, 1.165) is 22.7 Å². The molecule has 1 aromatic rings. The maximum Gasteiger partial charge on any atom is 0.0607 e. The van der Waals surface area contributed by atoms with Gasteiger partial charge in [-0.2, -0.15) is 0 Å². The molecule has 1 aromatic carbocycles. The highest BCUT2D eigenvalue weighted by molar-refractivity contribution is 5.99. The first kappa shape index (κ1) is 19.7. The van der Waals surface area contributed by atoms with Gasteiger partial charge in [-0.25, -0.2) is 0 Å². The van der Waals surface area contributed by atoms with Crippen LogP contribution in [0.25, 0.3) is 5.57 Å². The number of benzene rings is 1. The molecule has 0 aliphatic heterocycles. The maximum atomic E-state index is 4.74. The van der Waals surface area contributed by atoms with E-state index in [-0.39, 0.29) is 0 Å². The molecule has 0 heterocycles. The molecule has 0 aromatic heterocycles. The number of nitrogens with zero attached hydrogens (tertiary/aromatic N) is 1. The van der Waals surface area contributed by atoms with Crippen molar-refractivity contribution in [1.29, 1.82) is 0 Å². The van der Waals surface area contributed by atoms with Gasteiger partial charge in [0.1, 0.15) is 0 Å². The largest absolute Gasteiger partial charge is 0.380 e. The third kappa shape index (κ3) is 4.95. The minimum atomic E-state index is 0.575. The van der Waals surface area contributed by atoms with E-state index in [9.17, 15) is 0 Å². The van der Waals surface area contributed by atoms with Crippen molar-refractivity contribution in [3.05, 3.63) is 90.3 Å². The van der Waals surface area contributed by atoms with Gasteiger partial charge in [-0.05, 0) is 48.5 Å². The fraction of sp³-hybridized carbons (Fsp3) is 0.292. The summed E-state index contributed by atoms with van der Waals surface area (Å²) in [5, 5.41) is 3.26. The van der Waals surface area contributed by atoms with Crippen LogP contribution < -0.4 is 5.32 Å². The van der Waals surface area contributed by atoms with Crippen LogP contribution in [0.15, 0.2) is 84.2 Å². The highest BCUT2D eigenvalue weighted by Crippen LogP contribution is 2.28. The first-order valence-electron chi connectivity index (χ1n) is 9.20. The van der Waals surface area contributed by atoms with Crippen LogP contribution >= 0.6 is 0 Å². The molecule has 136 valence electrons. The third-order valence-electron chi connectivity index (χ3n) is 4.85. The van der Waals surface area contributed by atoms with E-state index in [0.29, 0.717) is 18.4 Å². The molecule has 0 bridgehead atoms. The first-order chi connectivity index (χ1) is 12.5. The highest BCUT2D eigenvalue weighted by atomic mass is 14.9. The van der Waals surface area contributed by atoms with Gasteiger partial charge in [0.15, 0.2) is 0 Å². The van der Waals surface area contributed by atoms with Crippen molar-refractivity contribution in [2.75, 3.05) is 6.54 Å². The smallest absolute Gasteiger partial charge is 0.0607 e. The Hall–Kier alpha value is -2.61. The van der Waals surface area contributed by atoms with E-state index in [1.54, 1.807) is 6.08 Å². The molecule has 0 fully saturated rings. The highest BCUT2D eigenvalue weighted by Gasteiger charge is 2.13. The number of nitrogens with one attached hydrogen (secondary N) is 1. The predicted octanol–water partition coefficient (Wildman–Crippen LogP) is 5.91. The van der Waals surface area contributed by atoms with Crippen molar-refractivity contribution in [3.63, 3.8) is 0 Å². The second-order valence-corrected chi connectivity index (χ2v) is 6.85. The van der Waals surface area contributed by atoms with Gasteiger partial charge in [0.2, 0.25) is 0 Å². The molecule has 2 atom stereocenters. The third-order valence-corrected chi connectivity index (χ3v) is 4.85. The summed E-state index contributed by atoms with van der Waals surface area (Å²) in [4.78, 5) is 4.74. The molecule has 1 aliphatic rings. The minimum Gasteiger partial charge on any atom is -0.380 e. The number of aliphatic imine (C=N–C) groups is 1. The van der Waals surface area contributed by atoms with Crippen molar-refractivity contribution in [2.24, 2.45) is 16.8 Å². The topological polar surface area (TPSA) is 24.4 Å². The predicted molar refractivity (Wildman–Crippen MR) is 115 cm³/mol. The van der Waals surface area contributed by atoms with Crippen molar-refractivity contribution >= 4 is 11.3 Å². The van der Waals surface area contributed by atoms with E-state index < -0.39 is 0 Å². The molecule has 2 unspecified atom stereocenters. The molecule has 1 N–H and O–H groups in total. The molecule has 0 radical (unpaired) electrons. The van der Waals surface area contributed by atoms with Crippen molar-refractivity contribution in [1.82, 2.24) is 5.32 Å². The lowest BCUT2D eigenvalue weighted by Gasteiger charge is -2.19. The zero-order valence-corrected chi connectivity index (χ0v) is 16.4. The summed E-state index contributed by atoms with van der Waals surface area (Å²) in [6, 6.07) is 8.64. The molecule has 26 heavy (non-hydrogen) atoms. The molecule has 2 nitrogen and oxygen atoms in total. The lowest BCUT2D eigenvalue weighted by molar-refractivity contribution is 0.554. The van der Waals surface area contributed by atoms with Gasteiger partial charge >= 0.3 is 0 Å². The molecule has 0 saturated carbocycles. The van der Waals surface area contributed by atoms with Gasteiger partial charge in [-0.1, -0.05) is 69.0 Å². The zero-order chi connectivity index (χ0) is 19.1. The van der Waals surface area contributed by atoms with Crippen LogP contribution in [0.5, 0.6) is 0 Å². The van der Waals surface area contributed by atoms with Gasteiger partial charge in [-0.15, -0.1) is 6.58 Å². The average molecular weight is 347 g/mol. The van der Waals surface area contributed by atoms with E-state index in [1.165, 1.54) is 11.1 Å². The fourth-order valence-corrected chi connectivity index (χ4v) is 2.92. The quantitative estimate of drug-likeness (QED) is 0.370. The zero-order valence-electron chi connectivity index (χ0n) is 16.4. The minimum absolute atomic E-state index is 0.575. The Kier molecular flexibility index (Phi) is 6.97. The standard InChI is InChI=1S/C24H30N2/c1-7-15-25-24(8-2)20(6)26-19(5)21-11-13-22(14-12-21)23-10-9-17(3)18(4)16-23/h7-14,16-18,25H,1-2,15H2,3-6H3/b24-20-,26-19?. The molecular formula is C24H30N2. The summed E-state index contributed by atoms with van der Waals surface area (Å²) in [5.41, 5.74) is 6.52. The number of allylic oxidation sites excluding steroid dienone is 6. The van der Waals surface area contributed by atoms with Crippen LogP contribution in [0.3, 0.4) is 0 Å². The van der Waals surface area contributed by atoms with Crippen molar-refractivity contribution < 1.29 is 0 Å². The molecule has 0 spiro atoms. The van der Waals surface area contributed by atoms with Crippen LogP contribution in [-0.2, 0) is 0 Å². The number of hydrogen-bond acceptors (Lipinski definition) is 2. The summed E-state index contributed by atoms with van der Waals surface area (Å²) in [6.07, 6.45) is 10.5. The Morgan fingerprint density at radius 1 is 1.12 bits per heavy atom.